The van der Waals surface area contributed by atoms with E-state index in [2.05, 4.69) is 15.9 Å². The molecule has 0 spiro atoms. The fraction of sp³-hybridized carbons (Fsp3) is 0.235. The number of methoxy groups -OCH3 is 3. The lowest BCUT2D eigenvalue weighted by molar-refractivity contribution is 0.0399. The SMILES string of the molecule is COc1cc(OC)cc(C2(Br)OC(=O)c3ccc(OC)cc32)c1. The minimum Gasteiger partial charge on any atom is -0.497 e. The summed E-state index contributed by atoms with van der Waals surface area (Å²) in [6, 6.07) is 10.5. The van der Waals surface area contributed by atoms with Crippen LogP contribution in [0.25, 0.3) is 0 Å². The average molecular weight is 379 g/mol. The first-order valence-corrected chi connectivity index (χ1v) is 7.65. The van der Waals surface area contributed by atoms with Gasteiger partial charge in [-0.25, -0.2) is 4.79 Å². The van der Waals surface area contributed by atoms with E-state index in [4.69, 9.17) is 18.9 Å². The zero-order valence-electron chi connectivity index (χ0n) is 12.9. The lowest BCUT2D eigenvalue weighted by atomic mass is 9.98. The number of alkyl halides is 1. The number of esters is 1. The van der Waals surface area contributed by atoms with E-state index in [0.29, 0.717) is 33.9 Å². The Morgan fingerprint density at radius 3 is 2.09 bits per heavy atom. The molecule has 0 bridgehead atoms. The van der Waals surface area contributed by atoms with Crippen molar-refractivity contribution in [2.24, 2.45) is 0 Å². The monoisotopic (exact) mass is 378 g/mol. The second-order valence-electron chi connectivity index (χ2n) is 5.00. The Labute approximate surface area is 142 Å². The topological polar surface area (TPSA) is 54.0 Å². The number of benzene rings is 2. The van der Waals surface area contributed by atoms with Gasteiger partial charge in [-0.15, -0.1) is 0 Å². The molecule has 0 fully saturated rings. The van der Waals surface area contributed by atoms with Crippen LogP contribution in [0.2, 0.25) is 0 Å². The Morgan fingerprint density at radius 1 is 0.913 bits per heavy atom. The lowest BCUT2D eigenvalue weighted by Gasteiger charge is -2.23. The smallest absolute Gasteiger partial charge is 0.340 e. The van der Waals surface area contributed by atoms with Crippen LogP contribution >= 0.6 is 15.9 Å². The third-order valence-corrected chi connectivity index (χ3v) is 4.80. The quantitative estimate of drug-likeness (QED) is 0.602. The lowest BCUT2D eigenvalue weighted by Crippen LogP contribution is -2.19. The molecule has 2 aromatic rings. The molecule has 5 nitrogen and oxygen atoms in total. The van der Waals surface area contributed by atoms with Gasteiger partial charge in [0.25, 0.3) is 0 Å². The maximum atomic E-state index is 12.2. The molecule has 0 saturated heterocycles. The zero-order chi connectivity index (χ0) is 16.6. The average Bonchev–Trinajstić information content (AvgIpc) is 2.85. The molecule has 1 unspecified atom stereocenters. The fourth-order valence-electron chi connectivity index (χ4n) is 2.54. The molecule has 0 saturated carbocycles. The molecule has 6 heteroatoms. The molecule has 1 aliphatic heterocycles. The number of cyclic esters (lactones) is 1. The van der Waals surface area contributed by atoms with Crippen LogP contribution < -0.4 is 14.2 Å². The summed E-state index contributed by atoms with van der Waals surface area (Å²) in [7, 11) is 4.71. The summed E-state index contributed by atoms with van der Waals surface area (Å²) < 4.78 is 20.3. The van der Waals surface area contributed by atoms with Crippen molar-refractivity contribution < 1.29 is 23.7 Å². The van der Waals surface area contributed by atoms with Gasteiger partial charge in [-0.2, -0.15) is 0 Å². The van der Waals surface area contributed by atoms with Gasteiger partial charge >= 0.3 is 5.97 Å². The predicted octanol–water partition coefficient (Wildman–Crippen LogP) is 3.48. The van der Waals surface area contributed by atoms with Gasteiger partial charge in [-0.3, -0.25) is 0 Å². The van der Waals surface area contributed by atoms with E-state index in [1.165, 1.54) is 0 Å². The van der Waals surface area contributed by atoms with E-state index in [-0.39, 0.29) is 0 Å². The van der Waals surface area contributed by atoms with Crippen molar-refractivity contribution in [1.29, 1.82) is 0 Å². The number of halogens is 1. The Balaban J connectivity index is 2.19. The first-order valence-electron chi connectivity index (χ1n) is 6.86. The highest BCUT2D eigenvalue weighted by Gasteiger charge is 2.46. The van der Waals surface area contributed by atoms with Gasteiger partial charge in [-0.05, 0) is 46.3 Å². The molecule has 1 atom stereocenters. The van der Waals surface area contributed by atoms with E-state index >= 15 is 0 Å². The molecular formula is C17H15BrO5. The van der Waals surface area contributed by atoms with Crippen LogP contribution in [-0.2, 0) is 9.25 Å². The van der Waals surface area contributed by atoms with Crippen LogP contribution in [0.4, 0.5) is 0 Å². The van der Waals surface area contributed by atoms with E-state index in [9.17, 15) is 4.79 Å². The summed E-state index contributed by atoms with van der Waals surface area (Å²) in [5.41, 5.74) is 1.86. The largest absolute Gasteiger partial charge is 0.497 e. The van der Waals surface area contributed by atoms with Crippen LogP contribution in [0.15, 0.2) is 36.4 Å². The van der Waals surface area contributed by atoms with E-state index in [1.54, 1.807) is 57.7 Å². The summed E-state index contributed by atoms with van der Waals surface area (Å²) >= 11 is 3.57. The van der Waals surface area contributed by atoms with Gasteiger partial charge in [0.2, 0.25) is 4.51 Å². The number of hydrogen-bond acceptors (Lipinski definition) is 5. The molecule has 1 heterocycles. The van der Waals surface area contributed by atoms with Crippen LogP contribution in [0.1, 0.15) is 21.5 Å². The van der Waals surface area contributed by atoms with Gasteiger partial charge in [-0.1, -0.05) is 0 Å². The molecule has 23 heavy (non-hydrogen) atoms. The Kier molecular flexibility index (Phi) is 3.93. The van der Waals surface area contributed by atoms with Gasteiger partial charge in [0.05, 0.1) is 26.9 Å². The third-order valence-electron chi connectivity index (χ3n) is 3.75. The second-order valence-corrected chi connectivity index (χ2v) is 6.11. The van der Waals surface area contributed by atoms with E-state index in [0.717, 1.165) is 0 Å². The van der Waals surface area contributed by atoms with Crippen LogP contribution in [0.3, 0.4) is 0 Å². The Bertz CT molecular complexity index is 751. The molecule has 0 N–H and O–H groups in total. The molecule has 0 aromatic heterocycles. The van der Waals surface area contributed by atoms with E-state index < -0.39 is 10.5 Å². The van der Waals surface area contributed by atoms with Gasteiger partial charge < -0.3 is 18.9 Å². The van der Waals surface area contributed by atoms with Gasteiger partial charge in [0.1, 0.15) is 17.2 Å². The summed E-state index contributed by atoms with van der Waals surface area (Å²) in [5.74, 6) is 1.44. The Morgan fingerprint density at radius 2 is 1.52 bits per heavy atom. The molecule has 0 amide bonds. The molecule has 120 valence electrons. The highest BCUT2D eigenvalue weighted by Crippen LogP contribution is 2.49. The van der Waals surface area contributed by atoms with Gasteiger partial charge in [0, 0.05) is 17.2 Å². The molecule has 0 aliphatic carbocycles. The minimum atomic E-state index is -1.12. The summed E-state index contributed by atoms with van der Waals surface area (Å²) in [5, 5.41) is 0. The van der Waals surface area contributed by atoms with Crippen molar-refractivity contribution in [2.45, 2.75) is 4.51 Å². The first-order chi connectivity index (χ1) is 11.0. The normalized spacial score (nSPS) is 19.0. The number of hydrogen-bond donors (Lipinski definition) is 0. The summed E-state index contributed by atoms with van der Waals surface area (Å²) in [6.45, 7) is 0. The molecule has 0 radical (unpaired) electrons. The summed E-state index contributed by atoms with van der Waals surface area (Å²) in [6.07, 6.45) is 0. The van der Waals surface area contributed by atoms with Crippen molar-refractivity contribution in [3.63, 3.8) is 0 Å². The number of carbonyl (C=O) groups is 1. The molecule has 2 aromatic carbocycles. The Hall–Kier alpha value is -2.21. The van der Waals surface area contributed by atoms with Crippen molar-refractivity contribution in [1.82, 2.24) is 0 Å². The van der Waals surface area contributed by atoms with E-state index in [1.807, 2.05) is 0 Å². The molecule has 1 aliphatic rings. The van der Waals surface area contributed by atoms with Crippen molar-refractivity contribution in [3.8, 4) is 17.2 Å². The minimum absolute atomic E-state index is 0.402. The highest BCUT2D eigenvalue weighted by atomic mass is 79.9. The number of carbonyl (C=O) groups excluding carboxylic acids is 1. The molecule has 3 rings (SSSR count). The van der Waals surface area contributed by atoms with Gasteiger partial charge in [0.15, 0.2) is 0 Å². The zero-order valence-corrected chi connectivity index (χ0v) is 14.5. The highest BCUT2D eigenvalue weighted by molar-refractivity contribution is 9.09. The van der Waals surface area contributed by atoms with Crippen LogP contribution in [0.5, 0.6) is 17.2 Å². The number of rotatable bonds is 4. The molecular weight excluding hydrogens is 364 g/mol. The second kappa shape index (κ2) is 5.77. The van der Waals surface area contributed by atoms with Crippen molar-refractivity contribution in [3.05, 3.63) is 53.1 Å². The third kappa shape index (κ3) is 2.53. The first kappa shape index (κ1) is 15.7. The standard InChI is InChI=1S/C17H15BrO5/c1-20-11-4-5-14-15(9-11)17(18,23-16(14)19)10-6-12(21-2)8-13(7-10)22-3/h4-9H,1-3H3. The summed E-state index contributed by atoms with van der Waals surface area (Å²) in [4.78, 5) is 12.2. The maximum absolute atomic E-state index is 12.2. The van der Waals surface area contributed by atoms with Crippen molar-refractivity contribution in [2.75, 3.05) is 21.3 Å². The van der Waals surface area contributed by atoms with Crippen LogP contribution in [0, 0.1) is 0 Å². The number of ether oxygens (including phenoxy) is 4. The fourth-order valence-corrected chi connectivity index (χ4v) is 3.24. The number of fused-ring (bicyclic) bond motifs is 1. The maximum Gasteiger partial charge on any atom is 0.340 e. The predicted molar refractivity (Wildman–Crippen MR) is 87.7 cm³/mol. The van der Waals surface area contributed by atoms with Crippen LogP contribution in [-0.4, -0.2) is 27.3 Å². The van der Waals surface area contributed by atoms with Crippen molar-refractivity contribution >= 4 is 21.9 Å².